The molecular weight excluding hydrogens is 200 g/mol. The number of amides is 1. The lowest BCUT2D eigenvalue weighted by Crippen LogP contribution is -2.33. The lowest BCUT2D eigenvalue weighted by molar-refractivity contribution is -0.120. The molecule has 1 unspecified atom stereocenters. The monoisotopic (exact) mass is 220 g/mol. The van der Waals surface area contributed by atoms with Crippen molar-refractivity contribution in [3.63, 3.8) is 0 Å². The van der Waals surface area contributed by atoms with Gasteiger partial charge in [-0.05, 0) is 40.8 Å². The zero-order chi connectivity index (χ0) is 11.1. The fourth-order valence-corrected chi connectivity index (χ4v) is 1.02. The second-order valence-electron chi connectivity index (χ2n) is 3.83. The summed E-state index contributed by atoms with van der Waals surface area (Å²) < 4.78 is 0. The minimum absolute atomic E-state index is 0.0844. The molecule has 0 spiro atoms. The van der Waals surface area contributed by atoms with Crippen molar-refractivity contribution < 1.29 is 4.79 Å². The van der Waals surface area contributed by atoms with Gasteiger partial charge in [0, 0.05) is 12.6 Å². The van der Waals surface area contributed by atoms with Crippen LogP contribution in [0.2, 0.25) is 0 Å². The molecule has 1 amide bonds. The molecule has 14 heavy (non-hydrogen) atoms. The molecule has 4 heteroatoms. The summed E-state index contributed by atoms with van der Waals surface area (Å²) in [5.74, 6) is -0.0844. The first-order valence-electron chi connectivity index (χ1n) is 5.07. The summed E-state index contributed by atoms with van der Waals surface area (Å²) in [6.45, 7) is 7.68. The van der Waals surface area contributed by atoms with E-state index in [9.17, 15) is 4.79 Å². The summed E-state index contributed by atoms with van der Waals surface area (Å²) in [7, 11) is 2.08. The van der Waals surface area contributed by atoms with Crippen LogP contribution in [0.25, 0.3) is 0 Å². The standard InChI is InChI=1S/C10H21ClN2O/c1-8(2)13(4)7-5-6-12-10(14)9(3)11/h8-9H,5-7H2,1-4H3,(H,12,14). The number of carbonyl (C=O) groups excluding carboxylic acids is 1. The van der Waals surface area contributed by atoms with Crippen LogP contribution in [0.3, 0.4) is 0 Å². The van der Waals surface area contributed by atoms with Gasteiger partial charge in [-0.25, -0.2) is 0 Å². The summed E-state index contributed by atoms with van der Waals surface area (Å²) in [6, 6.07) is 0.553. The van der Waals surface area contributed by atoms with Gasteiger partial charge in [0.2, 0.25) is 5.91 Å². The van der Waals surface area contributed by atoms with E-state index in [-0.39, 0.29) is 5.91 Å². The van der Waals surface area contributed by atoms with Crippen LogP contribution < -0.4 is 5.32 Å². The molecule has 0 aliphatic heterocycles. The molecule has 0 aromatic carbocycles. The van der Waals surface area contributed by atoms with E-state index < -0.39 is 5.38 Å². The smallest absolute Gasteiger partial charge is 0.237 e. The Balaban J connectivity index is 3.43. The maximum atomic E-state index is 11.1. The molecule has 0 aliphatic carbocycles. The van der Waals surface area contributed by atoms with Gasteiger partial charge in [-0.2, -0.15) is 0 Å². The van der Waals surface area contributed by atoms with Gasteiger partial charge in [0.15, 0.2) is 0 Å². The molecule has 0 radical (unpaired) electrons. The van der Waals surface area contributed by atoms with Crippen molar-refractivity contribution >= 4 is 17.5 Å². The van der Waals surface area contributed by atoms with Gasteiger partial charge in [0.1, 0.15) is 5.38 Å². The van der Waals surface area contributed by atoms with E-state index in [0.717, 1.165) is 13.0 Å². The molecule has 0 heterocycles. The highest BCUT2D eigenvalue weighted by molar-refractivity contribution is 6.30. The van der Waals surface area contributed by atoms with Gasteiger partial charge < -0.3 is 10.2 Å². The average molecular weight is 221 g/mol. The zero-order valence-corrected chi connectivity index (χ0v) is 10.3. The maximum Gasteiger partial charge on any atom is 0.237 e. The van der Waals surface area contributed by atoms with Gasteiger partial charge in [-0.15, -0.1) is 11.6 Å². The lowest BCUT2D eigenvalue weighted by atomic mass is 10.3. The third-order valence-electron chi connectivity index (χ3n) is 2.23. The van der Waals surface area contributed by atoms with Crippen molar-refractivity contribution in [1.29, 1.82) is 0 Å². The molecule has 3 nitrogen and oxygen atoms in total. The lowest BCUT2D eigenvalue weighted by Gasteiger charge is -2.20. The van der Waals surface area contributed by atoms with E-state index >= 15 is 0 Å². The van der Waals surface area contributed by atoms with E-state index in [2.05, 4.69) is 31.1 Å². The largest absolute Gasteiger partial charge is 0.355 e. The highest BCUT2D eigenvalue weighted by Crippen LogP contribution is 1.95. The molecule has 1 N–H and O–H groups in total. The molecule has 0 saturated carbocycles. The van der Waals surface area contributed by atoms with Crippen LogP contribution in [0, 0.1) is 0 Å². The SMILES string of the molecule is CC(Cl)C(=O)NCCCN(C)C(C)C. The molecule has 0 saturated heterocycles. The third-order valence-corrected chi connectivity index (χ3v) is 2.43. The number of alkyl halides is 1. The predicted molar refractivity (Wildman–Crippen MR) is 60.7 cm³/mol. The van der Waals surface area contributed by atoms with Crippen LogP contribution >= 0.6 is 11.6 Å². The molecule has 0 fully saturated rings. The zero-order valence-electron chi connectivity index (χ0n) is 9.51. The number of hydrogen-bond acceptors (Lipinski definition) is 2. The summed E-state index contributed by atoms with van der Waals surface area (Å²) in [5.41, 5.74) is 0. The Morgan fingerprint density at radius 2 is 2.00 bits per heavy atom. The molecule has 0 aliphatic rings. The van der Waals surface area contributed by atoms with Gasteiger partial charge in [0.25, 0.3) is 0 Å². The summed E-state index contributed by atoms with van der Waals surface area (Å²) in [5, 5.41) is 2.35. The number of carbonyl (C=O) groups is 1. The van der Waals surface area contributed by atoms with E-state index in [1.165, 1.54) is 0 Å². The van der Waals surface area contributed by atoms with Crippen LogP contribution in [0.1, 0.15) is 27.2 Å². The van der Waals surface area contributed by atoms with Crippen molar-refractivity contribution in [2.24, 2.45) is 0 Å². The van der Waals surface area contributed by atoms with E-state index in [4.69, 9.17) is 11.6 Å². The average Bonchev–Trinajstić information content (AvgIpc) is 2.11. The molecule has 84 valence electrons. The molecule has 1 atom stereocenters. The van der Waals surface area contributed by atoms with Crippen LogP contribution in [0.4, 0.5) is 0 Å². The van der Waals surface area contributed by atoms with Gasteiger partial charge in [0.05, 0.1) is 0 Å². The number of halogens is 1. The Labute approximate surface area is 91.8 Å². The fourth-order valence-electron chi connectivity index (χ4n) is 0.939. The van der Waals surface area contributed by atoms with Crippen LogP contribution in [0.5, 0.6) is 0 Å². The first-order valence-corrected chi connectivity index (χ1v) is 5.50. The van der Waals surface area contributed by atoms with Crippen molar-refractivity contribution in [3.8, 4) is 0 Å². The highest BCUT2D eigenvalue weighted by atomic mass is 35.5. The fraction of sp³-hybridized carbons (Fsp3) is 0.900. The summed E-state index contributed by atoms with van der Waals surface area (Å²) in [4.78, 5) is 13.3. The predicted octanol–water partition coefficient (Wildman–Crippen LogP) is 1.46. The second kappa shape index (κ2) is 7.07. The summed E-state index contributed by atoms with van der Waals surface area (Å²) >= 11 is 5.60. The topological polar surface area (TPSA) is 32.3 Å². The molecular formula is C10H21ClN2O. The van der Waals surface area contributed by atoms with Crippen LogP contribution in [0.15, 0.2) is 0 Å². The number of nitrogens with one attached hydrogen (secondary N) is 1. The number of rotatable bonds is 6. The molecule has 0 aromatic rings. The Kier molecular flexibility index (Phi) is 6.93. The third kappa shape index (κ3) is 6.22. The quantitative estimate of drug-likeness (QED) is 0.543. The van der Waals surface area contributed by atoms with Crippen LogP contribution in [-0.4, -0.2) is 42.4 Å². The van der Waals surface area contributed by atoms with Crippen molar-refractivity contribution in [2.45, 2.75) is 38.6 Å². The second-order valence-corrected chi connectivity index (χ2v) is 4.49. The normalized spacial score (nSPS) is 13.4. The van der Waals surface area contributed by atoms with E-state index in [0.29, 0.717) is 12.6 Å². The number of hydrogen-bond donors (Lipinski definition) is 1. The minimum Gasteiger partial charge on any atom is -0.355 e. The van der Waals surface area contributed by atoms with Gasteiger partial charge in [-0.3, -0.25) is 4.79 Å². The van der Waals surface area contributed by atoms with Crippen molar-refractivity contribution in [3.05, 3.63) is 0 Å². The first kappa shape index (κ1) is 13.7. The Morgan fingerprint density at radius 1 is 1.43 bits per heavy atom. The van der Waals surface area contributed by atoms with Crippen molar-refractivity contribution in [1.82, 2.24) is 10.2 Å². The highest BCUT2D eigenvalue weighted by Gasteiger charge is 2.07. The Morgan fingerprint density at radius 3 is 2.43 bits per heavy atom. The Hall–Kier alpha value is -0.280. The first-order chi connectivity index (χ1) is 6.45. The molecule has 0 bridgehead atoms. The van der Waals surface area contributed by atoms with Crippen LogP contribution in [-0.2, 0) is 4.79 Å². The molecule has 0 rings (SSSR count). The van der Waals surface area contributed by atoms with E-state index in [1.807, 2.05) is 0 Å². The van der Waals surface area contributed by atoms with Gasteiger partial charge >= 0.3 is 0 Å². The van der Waals surface area contributed by atoms with Crippen molar-refractivity contribution in [2.75, 3.05) is 20.1 Å². The Bertz CT molecular complexity index is 172. The molecule has 0 aromatic heterocycles. The maximum absolute atomic E-state index is 11.1. The summed E-state index contributed by atoms with van der Waals surface area (Å²) in [6.07, 6.45) is 0.962. The minimum atomic E-state index is -0.433. The van der Waals surface area contributed by atoms with Gasteiger partial charge in [-0.1, -0.05) is 0 Å². The number of nitrogens with zero attached hydrogens (tertiary/aromatic N) is 1. The van der Waals surface area contributed by atoms with E-state index in [1.54, 1.807) is 6.92 Å².